The van der Waals surface area contributed by atoms with Gasteiger partial charge in [0.2, 0.25) is 5.91 Å². The van der Waals surface area contributed by atoms with Gasteiger partial charge in [0.25, 0.3) is 0 Å². The highest BCUT2D eigenvalue weighted by molar-refractivity contribution is 5.78. The summed E-state index contributed by atoms with van der Waals surface area (Å²) in [6.45, 7) is 4.75. The van der Waals surface area contributed by atoms with Crippen LogP contribution in [0.15, 0.2) is 18.2 Å². The molecule has 1 aromatic carbocycles. The monoisotopic (exact) mass is 246 g/mol. The summed E-state index contributed by atoms with van der Waals surface area (Å²) in [4.78, 5) is 11.8. The molecule has 18 heavy (non-hydrogen) atoms. The first-order valence-corrected chi connectivity index (χ1v) is 6.64. The number of hydrogen-bond acceptors (Lipinski definition) is 2. The maximum absolute atomic E-state index is 11.8. The fraction of sp³-hybridized carbons (Fsp3) is 0.533. The molecule has 3 heteroatoms. The van der Waals surface area contributed by atoms with E-state index in [9.17, 15) is 4.79 Å². The van der Waals surface area contributed by atoms with Gasteiger partial charge in [0.05, 0.1) is 6.42 Å². The van der Waals surface area contributed by atoms with Crippen molar-refractivity contribution < 1.29 is 4.79 Å². The number of aryl methyl sites for hydroxylation is 2. The molecule has 0 radical (unpaired) electrons. The normalized spacial score (nSPS) is 16.4. The van der Waals surface area contributed by atoms with Gasteiger partial charge in [-0.15, -0.1) is 0 Å². The molecule has 1 amide bonds. The second-order valence-electron chi connectivity index (χ2n) is 5.40. The average Bonchev–Trinajstić information content (AvgIpc) is 3.15. The molecule has 2 rings (SSSR count). The standard InChI is InChI=1S/C15H22N2O/c1-10-3-4-12(7-11(10)2)8-15(18)17-9-14(16)13-5-6-13/h3-4,7,13-14H,5-6,8-9,16H2,1-2H3,(H,17,18). The van der Waals surface area contributed by atoms with Crippen LogP contribution in [0.3, 0.4) is 0 Å². The van der Waals surface area contributed by atoms with E-state index in [2.05, 4.69) is 31.3 Å². The van der Waals surface area contributed by atoms with Gasteiger partial charge >= 0.3 is 0 Å². The lowest BCUT2D eigenvalue weighted by Crippen LogP contribution is -2.39. The molecule has 3 N–H and O–H groups in total. The fourth-order valence-electron chi connectivity index (χ4n) is 2.08. The van der Waals surface area contributed by atoms with Crippen molar-refractivity contribution in [1.82, 2.24) is 5.32 Å². The number of hydrogen-bond donors (Lipinski definition) is 2. The van der Waals surface area contributed by atoms with Crippen molar-refractivity contribution in [3.05, 3.63) is 34.9 Å². The van der Waals surface area contributed by atoms with Gasteiger partial charge in [-0.25, -0.2) is 0 Å². The lowest BCUT2D eigenvalue weighted by Gasteiger charge is -2.12. The van der Waals surface area contributed by atoms with Gasteiger partial charge in [0, 0.05) is 12.6 Å². The summed E-state index contributed by atoms with van der Waals surface area (Å²) in [5.41, 5.74) is 9.51. The van der Waals surface area contributed by atoms with Gasteiger partial charge in [0.1, 0.15) is 0 Å². The van der Waals surface area contributed by atoms with Crippen LogP contribution in [0.4, 0.5) is 0 Å². The largest absolute Gasteiger partial charge is 0.354 e. The van der Waals surface area contributed by atoms with Gasteiger partial charge in [-0.05, 0) is 49.3 Å². The molecule has 1 fully saturated rings. The van der Waals surface area contributed by atoms with Crippen LogP contribution in [0.25, 0.3) is 0 Å². The molecule has 1 atom stereocenters. The Bertz CT molecular complexity index is 438. The highest BCUT2D eigenvalue weighted by Gasteiger charge is 2.28. The summed E-state index contributed by atoms with van der Waals surface area (Å²) >= 11 is 0. The van der Waals surface area contributed by atoms with E-state index in [1.807, 2.05) is 6.07 Å². The first-order valence-electron chi connectivity index (χ1n) is 6.64. The lowest BCUT2D eigenvalue weighted by atomic mass is 10.0. The van der Waals surface area contributed by atoms with Crippen molar-refractivity contribution in [2.45, 2.75) is 39.2 Å². The Morgan fingerprint density at radius 1 is 1.39 bits per heavy atom. The molecule has 1 aliphatic rings. The van der Waals surface area contributed by atoms with Crippen LogP contribution in [0.2, 0.25) is 0 Å². The first kappa shape index (κ1) is 13.1. The quantitative estimate of drug-likeness (QED) is 0.831. The van der Waals surface area contributed by atoms with Crippen molar-refractivity contribution in [3.8, 4) is 0 Å². The van der Waals surface area contributed by atoms with E-state index in [1.54, 1.807) is 0 Å². The van der Waals surface area contributed by atoms with Crippen LogP contribution in [-0.2, 0) is 11.2 Å². The number of carbonyl (C=O) groups is 1. The van der Waals surface area contributed by atoms with Crippen molar-refractivity contribution in [3.63, 3.8) is 0 Å². The maximum Gasteiger partial charge on any atom is 0.224 e. The van der Waals surface area contributed by atoms with Crippen LogP contribution in [-0.4, -0.2) is 18.5 Å². The maximum atomic E-state index is 11.8. The Morgan fingerprint density at radius 3 is 2.72 bits per heavy atom. The number of carbonyl (C=O) groups excluding carboxylic acids is 1. The molecule has 1 aliphatic carbocycles. The molecule has 0 spiro atoms. The minimum absolute atomic E-state index is 0.0642. The molecule has 3 nitrogen and oxygen atoms in total. The van der Waals surface area contributed by atoms with Crippen LogP contribution < -0.4 is 11.1 Å². The van der Waals surface area contributed by atoms with E-state index in [4.69, 9.17) is 5.73 Å². The Balaban J connectivity index is 1.80. The molecule has 0 bridgehead atoms. The number of rotatable bonds is 5. The summed E-state index contributed by atoms with van der Waals surface area (Å²) in [6, 6.07) is 6.29. The van der Waals surface area contributed by atoms with E-state index in [1.165, 1.54) is 24.0 Å². The van der Waals surface area contributed by atoms with Crippen LogP contribution in [0, 0.1) is 19.8 Å². The van der Waals surface area contributed by atoms with Gasteiger partial charge in [-0.3, -0.25) is 4.79 Å². The fourth-order valence-corrected chi connectivity index (χ4v) is 2.08. The zero-order valence-corrected chi connectivity index (χ0v) is 11.2. The predicted octanol–water partition coefficient (Wildman–Crippen LogP) is 1.70. The summed E-state index contributed by atoms with van der Waals surface area (Å²) in [5, 5.41) is 2.92. The molecule has 1 aromatic rings. The Morgan fingerprint density at radius 2 is 2.11 bits per heavy atom. The van der Waals surface area contributed by atoms with E-state index in [-0.39, 0.29) is 11.9 Å². The molecule has 98 valence electrons. The second kappa shape index (κ2) is 5.53. The highest BCUT2D eigenvalue weighted by Crippen LogP contribution is 2.31. The number of nitrogens with one attached hydrogen (secondary N) is 1. The van der Waals surface area contributed by atoms with Crippen LogP contribution in [0.5, 0.6) is 0 Å². The third kappa shape index (κ3) is 3.57. The Hall–Kier alpha value is -1.35. The van der Waals surface area contributed by atoms with E-state index in [0.717, 1.165) is 5.56 Å². The van der Waals surface area contributed by atoms with Crippen molar-refractivity contribution in [1.29, 1.82) is 0 Å². The summed E-state index contributed by atoms with van der Waals surface area (Å²) in [7, 11) is 0. The van der Waals surface area contributed by atoms with E-state index in [0.29, 0.717) is 18.9 Å². The first-order chi connectivity index (χ1) is 8.56. The molecule has 1 saturated carbocycles. The van der Waals surface area contributed by atoms with E-state index < -0.39 is 0 Å². The molecule has 0 aliphatic heterocycles. The summed E-state index contributed by atoms with van der Waals surface area (Å²) in [5.74, 6) is 0.696. The number of nitrogens with two attached hydrogens (primary N) is 1. The second-order valence-corrected chi connectivity index (χ2v) is 5.40. The van der Waals surface area contributed by atoms with Crippen LogP contribution >= 0.6 is 0 Å². The van der Waals surface area contributed by atoms with Gasteiger partial charge in [-0.1, -0.05) is 18.2 Å². The average molecular weight is 246 g/mol. The molecule has 0 heterocycles. The molecule has 0 aromatic heterocycles. The molecular formula is C15H22N2O. The summed E-state index contributed by atoms with van der Waals surface area (Å²) in [6.07, 6.45) is 2.88. The van der Waals surface area contributed by atoms with E-state index >= 15 is 0 Å². The Labute approximate surface area is 109 Å². The van der Waals surface area contributed by atoms with Crippen molar-refractivity contribution in [2.75, 3.05) is 6.54 Å². The van der Waals surface area contributed by atoms with Crippen molar-refractivity contribution in [2.24, 2.45) is 11.7 Å². The molecule has 0 saturated heterocycles. The van der Waals surface area contributed by atoms with Gasteiger partial charge < -0.3 is 11.1 Å². The summed E-state index contributed by atoms with van der Waals surface area (Å²) < 4.78 is 0. The third-order valence-electron chi connectivity index (χ3n) is 3.70. The topological polar surface area (TPSA) is 55.1 Å². The van der Waals surface area contributed by atoms with Crippen LogP contribution in [0.1, 0.15) is 29.5 Å². The van der Waals surface area contributed by atoms with Gasteiger partial charge in [0.15, 0.2) is 0 Å². The SMILES string of the molecule is Cc1ccc(CC(=O)NCC(N)C2CC2)cc1C. The number of amides is 1. The molecule has 1 unspecified atom stereocenters. The minimum atomic E-state index is 0.0642. The predicted molar refractivity (Wildman–Crippen MR) is 73.3 cm³/mol. The minimum Gasteiger partial charge on any atom is -0.354 e. The van der Waals surface area contributed by atoms with Crippen molar-refractivity contribution >= 4 is 5.91 Å². The zero-order chi connectivity index (χ0) is 13.1. The smallest absolute Gasteiger partial charge is 0.224 e. The highest BCUT2D eigenvalue weighted by atomic mass is 16.1. The number of benzene rings is 1. The van der Waals surface area contributed by atoms with Gasteiger partial charge in [-0.2, -0.15) is 0 Å². The molecular weight excluding hydrogens is 224 g/mol. The third-order valence-corrected chi connectivity index (χ3v) is 3.70. The lowest BCUT2D eigenvalue weighted by molar-refractivity contribution is -0.120. The Kier molecular flexibility index (Phi) is 4.02. The zero-order valence-electron chi connectivity index (χ0n) is 11.2.